The first kappa shape index (κ1) is 10.0. The van der Waals surface area contributed by atoms with E-state index in [1.807, 2.05) is 0 Å². The molecule has 0 saturated heterocycles. The predicted molar refractivity (Wildman–Crippen MR) is 51.1 cm³/mol. The van der Waals surface area contributed by atoms with Crippen molar-refractivity contribution in [2.24, 2.45) is 5.92 Å². The molecule has 0 amide bonds. The van der Waals surface area contributed by atoms with Gasteiger partial charge in [-0.05, 0) is 31.7 Å². The van der Waals surface area contributed by atoms with Crippen LogP contribution < -0.4 is 5.32 Å². The Balaban J connectivity index is 1.98. The Labute approximate surface area is 75.4 Å². The second kappa shape index (κ2) is 5.55. The fourth-order valence-corrected chi connectivity index (χ4v) is 1.54. The maximum absolute atomic E-state index is 8.61. The van der Waals surface area contributed by atoms with Gasteiger partial charge in [-0.25, -0.2) is 0 Å². The van der Waals surface area contributed by atoms with Crippen molar-refractivity contribution in [3.63, 3.8) is 0 Å². The fourth-order valence-electron chi connectivity index (χ4n) is 1.54. The molecule has 0 aromatic heterocycles. The van der Waals surface area contributed by atoms with Crippen molar-refractivity contribution < 1.29 is 5.11 Å². The fraction of sp³-hybridized carbons (Fsp3) is 1.00. The highest BCUT2D eigenvalue weighted by Crippen LogP contribution is 2.33. The molecule has 1 aliphatic rings. The molecule has 0 aromatic rings. The van der Waals surface area contributed by atoms with Gasteiger partial charge >= 0.3 is 0 Å². The number of aliphatic hydroxyl groups is 1. The molecule has 0 heterocycles. The lowest BCUT2D eigenvalue weighted by atomic mass is 10.1. The molecule has 1 saturated carbocycles. The number of rotatable bonds is 7. The molecule has 0 aromatic carbocycles. The van der Waals surface area contributed by atoms with E-state index in [0.717, 1.165) is 18.9 Å². The molecule has 1 unspecified atom stereocenters. The van der Waals surface area contributed by atoms with E-state index in [2.05, 4.69) is 12.2 Å². The number of hydrogen-bond donors (Lipinski definition) is 2. The van der Waals surface area contributed by atoms with Gasteiger partial charge in [-0.2, -0.15) is 0 Å². The Bertz CT molecular complexity index is 112. The highest BCUT2D eigenvalue weighted by atomic mass is 16.3. The van der Waals surface area contributed by atoms with Crippen LogP contribution >= 0.6 is 0 Å². The Morgan fingerprint density at radius 1 is 1.50 bits per heavy atom. The number of aliphatic hydroxyl groups excluding tert-OH is 1. The zero-order chi connectivity index (χ0) is 8.81. The van der Waals surface area contributed by atoms with Gasteiger partial charge in [0.25, 0.3) is 0 Å². The Morgan fingerprint density at radius 2 is 2.25 bits per heavy atom. The van der Waals surface area contributed by atoms with Gasteiger partial charge in [-0.3, -0.25) is 0 Å². The van der Waals surface area contributed by atoms with E-state index < -0.39 is 0 Å². The van der Waals surface area contributed by atoms with Gasteiger partial charge in [0.2, 0.25) is 0 Å². The predicted octanol–water partition coefficient (Wildman–Crippen LogP) is 1.54. The average Bonchev–Trinajstić information content (AvgIpc) is 2.87. The minimum Gasteiger partial charge on any atom is -0.396 e. The number of nitrogens with one attached hydrogen (secondary N) is 1. The van der Waals surface area contributed by atoms with Gasteiger partial charge in [-0.1, -0.05) is 19.8 Å². The summed E-state index contributed by atoms with van der Waals surface area (Å²) >= 11 is 0. The summed E-state index contributed by atoms with van der Waals surface area (Å²) in [6, 6.07) is 0.698. The van der Waals surface area contributed by atoms with E-state index in [-0.39, 0.29) is 0 Å². The van der Waals surface area contributed by atoms with Gasteiger partial charge in [0.15, 0.2) is 0 Å². The zero-order valence-corrected chi connectivity index (χ0v) is 8.05. The summed E-state index contributed by atoms with van der Waals surface area (Å²) in [6.07, 6.45) is 6.35. The maximum Gasteiger partial charge on any atom is 0.0443 e. The molecule has 1 rings (SSSR count). The highest BCUT2D eigenvalue weighted by molar-refractivity contribution is 4.79. The summed E-state index contributed by atoms with van der Waals surface area (Å²) < 4.78 is 0. The lowest BCUT2D eigenvalue weighted by Crippen LogP contribution is -2.30. The zero-order valence-electron chi connectivity index (χ0n) is 8.05. The monoisotopic (exact) mass is 171 g/mol. The molecule has 2 N–H and O–H groups in total. The molecule has 0 aliphatic heterocycles. The van der Waals surface area contributed by atoms with E-state index >= 15 is 0 Å². The van der Waals surface area contributed by atoms with E-state index in [0.29, 0.717) is 12.6 Å². The lowest BCUT2D eigenvalue weighted by Gasteiger charge is -2.15. The first-order chi connectivity index (χ1) is 5.86. The van der Waals surface area contributed by atoms with Crippen LogP contribution in [0.15, 0.2) is 0 Å². The number of hydrogen-bond acceptors (Lipinski definition) is 2. The summed E-state index contributed by atoms with van der Waals surface area (Å²) in [7, 11) is 0. The third-order valence-corrected chi connectivity index (χ3v) is 2.58. The molecule has 0 bridgehead atoms. The van der Waals surface area contributed by atoms with Gasteiger partial charge < -0.3 is 10.4 Å². The molecule has 0 radical (unpaired) electrons. The smallest absolute Gasteiger partial charge is 0.0443 e. The van der Waals surface area contributed by atoms with Crippen molar-refractivity contribution in [3.05, 3.63) is 0 Å². The normalized spacial score (nSPS) is 19.5. The molecule has 12 heavy (non-hydrogen) atoms. The van der Waals surface area contributed by atoms with Crippen LogP contribution in [0.3, 0.4) is 0 Å². The van der Waals surface area contributed by atoms with Crippen molar-refractivity contribution in [1.29, 1.82) is 0 Å². The van der Waals surface area contributed by atoms with Crippen LogP contribution in [-0.2, 0) is 0 Å². The van der Waals surface area contributed by atoms with E-state index in [1.165, 1.54) is 25.7 Å². The summed E-state index contributed by atoms with van der Waals surface area (Å²) in [6.45, 7) is 3.52. The highest BCUT2D eigenvalue weighted by Gasteiger charge is 2.24. The van der Waals surface area contributed by atoms with Crippen LogP contribution in [0.4, 0.5) is 0 Å². The molecule has 72 valence electrons. The summed E-state index contributed by atoms with van der Waals surface area (Å²) in [4.78, 5) is 0. The molecule has 2 heteroatoms. The van der Waals surface area contributed by atoms with Gasteiger partial charge in [0.05, 0.1) is 0 Å². The molecule has 1 atom stereocenters. The average molecular weight is 171 g/mol. The summed E-state index contributed by atoms with van der Waals surface area (Å²) in [5, 5.41) is 12.1. The van der Waals surface area contributed by atoms with E-state index in [9.17, 15) is 0 Å². The molecular weight excluding hydrogens is 150 g/mol. The summed E-state index contributed by atoms with van der Waals surface area (Å²) in [5.41, 5.74) is 0. The standard InChI is InChI=1S/C10H21NO/c1-2-10(8-9-4-5-9)11-6-3-7-12/h9-12H,2-8H2,1H3. The molecule has 1 aliphatic carbocycles. The first-order valence-corrected chi connectivity index (χ1v) is 5.21. The van der Waals surface area contributed by atoms with Crippen molar-refractivity contribution >= 4 is 0 Å². The maximum atomic E-state index is 8.61. The molecule has 1 fully saturated rings. The third-order valence-electron chi connectivity index (χ3n) is 2.58. The van der Waals surface area contributed by atoms with E-state index in [1.54, 1.807) is 0 Å². The van der Waals surface area contributed by atoms with Crippen molar-refractivity contribution in [3.8, 4) is 0 Å². The van der Waals surface area contributed by atoms with Crippen LogP contribution in [0.2, 0.25) is 0 Å². The van der Waals surface area contributed by atoms with Gasteiger partial charge in [-0.15, -0.1) is 0 Å². The van der Waals surface area contributed by atoms with Crippen molar-refractivity contribution in [1.82, 2.24) is 5.32 Å². The topological polar surface area (TPSA) is 32.3 Å². The summed E-state index contributed by atoms with van der Waals surface area (Å²) in [5.74, 6) is 1.01. The van der Waals surface area contributed by atoms with Gasteiger partial charge in [0.1, 0.15) is 0 Å². The first-order valence-electron chi connectivity index (χ1n) is 5.21. The van der Waals surface area contributed by atoms with Crippen LogP contribution in [0.5, 0.6) is 0 Å². The van der Waals surface area contributed by atoms with Crippen LogP contribution in [-0.4, -0.2) is 24.3 Å². The Hall–Kier alpha value is -0.0800. The molecule has 0 spiro atoms. The Morgan fingerprint density at radius 3 is 2.75 bits per heavy atom. The largest absolute Gasteiger partial charge is 0.396 e. The third kappa shape index (κ3) is 4.07. The van der Waals surface area contributed by atoms with Crippen LogP contribution in [0.25, 0.3) is 0 Å². The quantitative estimate of drug-likeness (QED) is 0.569. The lowest BCUT2D eigenvalue weighted by molar-refractivity contribution is 0.281. The van der Waals surface area contributed by atoms with Crippen molar-refractivity contribution in [2.75, 3.05) is 13.2 Å². The Kier molecular flexibility index (Phi) is 4.62. The van der Waals surface area contributed by atoms with E-state index in [4.69, 9.17) is 5.11 Å². The molecular formula is C10H21NO. The van der Waals surface area contributed by atoms with Crippen LogP contribution in [0.1, 0.15) is 39.0 Å². The molecule has 2 nitrogen and oxygen atoms in total. The van der Waals surface area contributed by atoms with Crippen molar-refractivity contribution in [2.45, 2.75) is 45.1 Å². The van der Waals surface area contributed by atoms with Crippen LogP contribution in [0, 0.1) is 5.92 Å². The second-order valence-electron chi connectivity index (χ2n) is 3.82. The SMILES string of the molecule is CCC(CC1CC1)NCCCO. The second-order valence-corrected chi connectivity index (χ2v) is 3.82. The minimum absolute atomic E-state index is 0.312. The minimum atomic E-state index is 0.312. The van der Waals surface area contributed by atoms with Gasteiger partial charge in [0, 0.05) is 12.6 Å².